The lowest BCUT2D eigenvalue weighted by atomic mass is 9.94. The van der Waals surface area contributed by atoms with Gasteiger partial charge in [-0.05, 0) is 43.2 Å². The molecule has 2 aromatic rings. The van der Waals surface area contributed by atoms with Gasteiger partial charge in [-0.3, -0.25) is 14.5 Å². The number of fused-ring (bicyclic) bond motifs is 1. The van der Waals surface area contributed by atoms with Crippen molar-refractivity contribution in [2.24, 2.45) is 0 Å². The summed E-state index contributed by atoms with van der Waals surface area (Å²) in [5.41, 5.74) is 1.68. The maximum Gasteiger partial charge on any atom is 0.323 e. The highest BCUT2D eigenvalue weighted by molar-refractivity contribution is 6.22. The minimum atomic E-state index is -0.479. The Morgan fingerprint density at radius 1 is 0.839 bits per heavy atom. The van der Waals surface area contributed by atoms with E-state index < -0.39 is 6.03 Å². The second kappa shape index (κ2) is 8.67. The van der Waals surface area contributed by atoms with Crippen molar-refractivity contribution in [3.8, 4) is 11.5 Å². The maximum atomic E-state index is 12.9. The summed E-state index contributed by atoms with van der Waals surface area (Å²) in [7, 11) is 3.05. The first-order valence-corrected chi connectivity index (χ1v) is 10.3. The number of rotatable bonds is 5. The number of anilines is 2. The van der Waals surface area contributed by atoms with Crippen molar-refractivity contribution >= 4 is 29.2 Å². The van der Waals surface area contributed by atoms with Crippen molar-refractivity contribution in [2.75, 3.05) is 24.9 Å². The Kier molecular flexibility index (Phi) is 5.79. The fraction of sp³-hybridized carbons (Fsp3) is 0.348. The van der Waals surface area contributed by atoms with Crippen LogP contribution in [0.5, 0.6) is 11.5 Å². The largest absolute Gasteiger partial charge is 0.493 e. The van der Waals surface area contributed by atoms with Crippen LogP contribution in [0.2, 0.25) is 0 Å². The quantitative estimate of drug-likeness (QED) is 0.700. The van der Waals surface area contributed by atoms with Gasteiger partial charge in [-0.2, -0.15) is 0 Å². The monoisotopic (exact) mass is 423 g/mol. The zero-order chi connectivity index (χ0) is 22.0. The van der Waals surface area contributed by atoms with Gasteiger partial charge in [0.1, 0.15) is 0 Å². The van der Waals surface area contributed by atoms with Crippen LogP contribution in [0.3, 0.4) is 0 Å². The predicted octanol–water partition coefficient (Wildman–Crippen LogP) is 4.28. The van der Waals surface area contributed by atoms with E-state index in [-0.39, 0.29) is 17.9 Å². The molecule has 31 heavy (non-hydrogen) atoms. The molecule has 0 unspecified atom stereocenters. The lowest BCUT2D eigenvalue weighted by molar-refractivity contribution is 0.0549. The number of imide groups is 1. The van der Waals surface area contributed by atoms with Crippen molar-refractivity contribution in [2.45, 2.75) is 38.1 Å². The first-order valence-electron chi connectivity index (χ1n) is 10.3. The Balaban J connectivity index is 1.47. The number of amides is 4. The fourth-order valence-electron chi connectivity index (χ4n) is 4.22. The molecule has 1 heterocycles. The minimum absolute atomic E-state index is 0.0362. The number of hydrogen-bond donors (Lipinski definition) is 2. The second-order valence-corrected chi connectivity index (χ2v) is 7.68. The van der Waals surface area contributed by atoms with Crippen molar-refractivity contribution in [1.82, 2.24) is 4.90 Å². The van der Waals surface area contributed by atoms with Gasteiger partial charge in [0.15, 0.2) is 11.5 Å². The van der Waals surface area contributed by atoms with Gasteiger partial charge < -0.3 is 20.1 Å². The molecule has 2 aliphatic rings. The number of carbonyl (C=O) groups excluding carboxylic acids is 3. The summed E-state index contributed by atoms with van der Waals surface area (Å²) < 4.78 is 10.4. The average Bonchev–Trinajstić information content (AvgIpc) is 3.03. The predicted molar refractivity (Wildman–Crippen MR) is 116 cm³/mol. The summed E-state index contributed by atoms with van der Waals surface area (Å²) in [5.74, 6) is 0.520. The molecule has 0 aromatic heterocycles. The number of urea groups is 1. The van der Waals surface area contributed by atoms with Gasteiger partial charge in [0.2, 0.25) is 0 Å². The molecule has 0 spiro atoms. The van der Waals surface area contributed by atoms with E-state index in [9.17, 15) is 14.4 Å². The molecule has 1 aliphatic carbocycles. The van der Waals surface area contributed by atoms with Gasteiger partial charge in [0, 0.05) is 23.5 Å². The van der Waals surface area contributed by atoms with Crippen LogP contribution in [0.15, 0.2) is 36.4 Å². The van der Waals surface area contributed by atoms with Gasteiger partial charge in [-0.15, -0.1) is 0 Å². The van der Waals surface area contributed by atoms with E-state index in [2.05, 4.69) is 10.6 Å². The van der Waals surface area contributed by atoms with Gasteiger partial charge in [0.05, 0.1) is 25.3 Å². The van der Waals surface area contributed by atoms with Gasteiger partial charge in [0.25, 0.3) is 11.8 Å². The van der Waals surface area contributed by atoms with Gasteiger partial charge >= 0.3 is 6.03 Å². The van der Waals surface area contributed by atoms with Crippen LogP contribution in [0, 0.1) is 0 Å². The van der Waals surface area contributed by atoms with E-state index in [1.54, 1.807) is 36.4 Å². The molecular weight excluding hydrogens is 398 g/mol. The summed E-state index contributed by atoms with van der Waals surface area (Å²) in [6.45, 7) is 0. The number of benzene rings is 2. The molecule has 0 atom stereocenters. The van der Waals surface area contributed by atoms with E-state index >= 15 is 0 Å². The van der Waals surface area contributed by atoms with Crippen LogP contribution < -0.4 is 20.1 Å². The molecule has 1 saturated carbocycles. The molecule has 2 N–H and O–H groups in total. The van der Waals surface area contributed by atoms with Crippen molar-refractivity contribution in [3.05, 3.63) is 47.5 Å². The molecule has 1 fully saturated rings. The molecular formula is C23H25N3O5. The summed E-state index contributed by atoms with van der Waals surface area (Å²) >= 11 is 0. The third kappa shape index (κ3) is 4.05. The van der Waals surface area contributed by atoms with Crippen LogP contribution in [0.25, 0.3) is 0 Å². The Labute approximate surface area is 180 Å². The number of methoxy groups -OCH3 is 2. The molecule has 1 aliphatic heterocycles. The molecule has 2 aromatic carbocycles. The molecule has 162 valence electrons. The Morgan fingerprint density at radius 2 is 1.45 bits per heavy atom. The van der Waals surface area contributed by atoms with E-state index in [4.69, 9.17) is 9.47 Å². The van der Waals surface area contributed by atoms with E-state index in [0.29, 0.717) is 34.0 Å². The molecule has 8 nitrogen and oxygen atoms in total. The standard InChI is InChI=1S/C23H25N3O5/c1-30-19-11-9-15(13-20(19)31-2)25-23(29)24-14-8-10-17-18(12-14)22(28)26(21(17)27)16-6-4-3-5-7-16/h8-13,16H,3-7H2,1-2H3,(H2,24,25,29). The number of nitrogens with one attached hydrogen (secondary N) is 2. The molecule has 4 rings (SSSR count). The number of hydrogen-bond acceptors (Lipinski definition) is 5. The Morgan fingerprint density at radius 3 is 2.13 bits per heavy atom. The highest BCUT2D eigenvalue weighted by Crippen LogP contribution is 2.33. The summed E-state index contributed by atoms with van der Waals surface area (Å²) in [4.78, 5) is 39.5. The third-order valence-corrected chi connectivity index (χ3v) is 5.76. The molecule has 0 radical (unpaired) electrons. The highest BCUT2D eigenvalue weighted by Gasteiger charge is 2.40. The van der Waals surface area contributed by atoms with Crippen LogP contribution in [-0.2, 0) is 0 Å². The van der Waals surface area contributed by atoms with Gasteiger partial charge in [-0.1, -0.05) is 19.3 Å². The lowest BCUT2D eigenvalue weighted by Gasteiger charge is -2.29. The Hall–Kier alpha value is -3.55. The third-order valence-electron chi connectivity index (χ3n) is 5.76. The molecule has 0 saturated heterocycles. The molecule has 0 bridgehead atoms. The molecule has 8 heteroatoms. The zero-order valence-corrected chi connectivity index (χ0v) is 17.6. The smallest absolute Gasteiger partial charge is 0.323 e. The van der Waals surface area contributed by atoms with Crippen LogP contribution in [-0.4, -0.2) is 43.0 Å². The SMILES string of the molecule is COc1ccc(NC(=O)Nc2ccc3c(c2)C(=O)N(C2CCCCC2)C3=O)cc1OC. The first kappa shape index (κ1) is 20.7. The van der Waals surface area contributed by atoms with Crippen molar-refractivity contribution in [3.63, 3.8) is 0 Å². The van der Waals surface area contributed by atoms with Gasteiger partial charge in [-0.25, -0.2) is 4.79 Å². The van der Waals surface area contributed by atoms with Crippen LogP contribution in [0.1, 0.15) is 52.8 Å². The lowest BCUT2D eigenvalue weighted by Crippen LogP contribution is -2.40. The fourth-order valence-corrected chi connectivity index (χ4v) is 4.22. The maximum absolute atomic E-state index is 12.9. The first-order chi connectivity index (χ1) is 15.0. The normalized spacial score (nSPS) is 16.1. The average molecular weight is 423 g/mol. The van der Waals surface area contributed by atoms with E-state index in [1.807, 2.05) is 0 Å². The summed E-state index contributed by atoms with van der Waals surface area (Å²) in [6.07, 6.45) is 4.90. The number of nitrogens with zero attached hydrogens (tertiary/aromatic N) is 1. The molecule has 4 amide bonds. The highest BCUT2D eigenvalue weighted by atomic mass is 16.5. The zero-order valence-electron chi connectivity index (χ0n) is 17.6. The van der Waals surface area contributed by atoms with Crippen LogP contribution in [0.4, 0.5) is 16.2 Å². The van der Waals surface area contributed by atoms with Crippen molar-refractivity contribution < 1.29 is 23.9 Å². The van der Waals surface area contributed by atoms with Crippen LogP contribution >= 0.6 is 0 Å². The Bertz CT molecular complexity index is 1030. The van der Waals surface area contributed by atoms with Crippen molar-refractivity contribution in [1.29, 1.82) is 0 Å². The second-order valence-electron chi connectivity index (χ2n) is 7.68. The topological polar surface area (TPSA) is 97.0 Å². The number of ether oxygens (including phenoxy) is 2. The summed E-state index contributed by atoms with van der Waals surface area (Å²) in [6, 6.07) is 9.30. The van der Waals surface area contributed by atoms with E-state index in [0.717, 1.165) is 32.1 Å². The van der Waals surface area contributed by atoms with E-state index in [1.165, 1.54) is 19.1 Å². The minimum Gasteiger partial charge on any atom is -0.493 e. The summed E-state index contributed by atoms with van der Waals surface area (Å²) in [5, 5.41) is 5.43. The number of carbonyl (C=O) groups is 3.